The first-order chi connectivity index (χ1) is 14.0. The Morgan fingerprint density at radius 1 is 1.24 bits per heavy atom. The monoisotopic (exact) mass is 388 g/mol. The predicted molar refractivity (Wildman–Crippen MR) is 111 cm³/mol. The number of hydrogen-bond acceptors (Lipinski definition) is 3. The van der Waals surface area contributed by atoms with Crippen molar-refractivity contribution < 1.29 is 14.3 Å². The standard InChI is InChI=1S/C24H24N2O3/c1-3-29-17-8-9-19-16(12-17)13-20(25-19)23(28)26-11-10-24(2)21(26)14-15-6-4-5-7-18(15)22(24)27/h4-9,12-13,21,25H,3,10-11,14H2,1-2H3. The number of likely N-dealkylation sites (tertiary alicyclic amines) is 1. The topological polar surface area (TPSA) is 62.4 Å². The highest BCUT2D eigenvalue weighted by atomic mass is 16.5. The largest absolute Gasteiger partial charge is 0.494 e. The molecule has 5 rings (SSSR count). The maximum absolute atomic E-state index is 13.4. The lowest BCUT2D eigenvalue weighted by atomic mass is 9.68. The summed E-state index contributed by atoms with van der Waals surface area (Å²) in [4.78, 5) is 31.7. The molecule has 0 saturated carbocycles. The lowest BCUT2D eigenvalue weighted by molar-refractivity contribution is 0.0598. The van der Waals surface area contributed by atoms with Gasteiger partial charge < -0.3 is 14.6 Å². The van der Waals surface area contributed by atoms with Gasteiger partial charge in [-0.15, -0.1) is 0 Å². The fraction of sp³-hybridized carbons (Fsp3) is 0.333. The van der Waals surface area contributed by atoms with Crippen molar-refractivity contribution in [1.29, 1.82) is 0 Å². The zero-order chi connectivity index (χ0) is 20.2. The van der Waals surface area contributed by atoms with Crippen LogP contribution in [0.15, 0.2) is 48.5 Å². The van der Waals surface area contributed by atoms with Gasteiger partial charge in [0.05, 0.1) is 12.0 Å². The first-order valence-corrected chi connectivity index (χ1v) is 10.2. The molecule has 29 heavy (non-hydrogen) atoms. The molecule has 0 bridgehead atoms. The van der Waals surface area contributed by atoms with Crippen LogP contribution < -0.4 is 4.74 Å². The summed E-state index contributed by atoms with van der Waals surface area (Å²) >= 11 is 0. The molecule has 1 fully saturated rings. The molecule has 5 nitrogen and oxygen atoms in total. The molecule has 2 aliphatic rings. The minimum Gasteiger partial charge on any atom is -0.494 e. The van der Waals surface area contributed by atoms with Gasteiger partial charge in [0.2, 0.25) is 0 Å². The number of benzene rings is 2. The number of Topliss-reactive ketones (excluding diaryl/α,β-unsaturated/α-hetero) is 1. The van der Waals surface area contributed by atoms with Gasteiger partial charge in [0, 0.05) is 29.1 Å². The SMILES string of the molecule is CCOc1ccc2[nH]c(C(=O)N3CCC4(C)C(=O)c5ccccc5CC34)cc2c1. The zero-order valence-corrected chi connectivity index (χ0v) is 16.7. The van der Waals surface area contributed by atoms with Crippen LogP contribution in [0.25, 0.3) is 10.9 Å². The van der Waals surface area contributed by atoms with Gasteiger partial charge in [-0.1, -0.05) is 31.2 Å². The van der Waals surface area contributed by atoms with E-state index in [1.165, 1.54) is 0 Å². The van der Waals surface area contributed by atoms with E-state index in [2.05, 4.69) is 4.98 Å². The van der Waals surface area contributed by atoms with Crippen molar-refractivity contribution in [3.63, 3.8) is 0 Å². The highest BCUT2D eigenvalue weighted by molar-refractivity contribution is 6.05. The molecule has 1 aliphatic heterocycles. The average Bonchev–Trinajstić information content (AvgIpc) is 3.30. The third-order valence-electron chi connectivity index (χ3n) is 6.57. The summed E-state index contributed by atoms with van der Waals surface area (Å²) < 4.78 is 5.57. The van der Waals surface area contributed by atoms with Gasteiger partial charge >= 0.3 is 0 Å². The van der Waals surface area contributed by atoms with Gasteiger partial charge in [-0.05, 0) is 49.6 Å². The number of carbonyl (C=O) groups is 2. The number of fused-ring (bicyclic) bond motifs is 3. The van der Waals surface area contributed by atoms with Gasteiger partial charge in [-0.25, -0.2) is 0 Å². The third-order valence-corrected chi connectivity index (χ3v) is 6.57. The first kappa shape index (κ1) is 18.0. The molecule has 2 heterocycles. The number of rotatable bonds is 3. The molecule has 1 saturated heterocycles. The summed E-state index contributed by atoms with van der Waals surface area (Å²) in [5.74, 6) is 0.916. The van der Waals surface area contributed by atoms with Crippen molar-refractivity contribution in [1.82, 2.24) is 9.88 Å². The lowest BCUT2D eigenvalue weighted by Gasteiger charge is -2.38. The second kappa shape index (κ2) is 6.48. The number of nitrogens with one attached hydrogen (secondary N) is 1. The Kier molecular flexibility index (Phi) is 4.02. The number of hydrogen-bond donors (Lipinski definition) is 1. The maximum atomic E-state index is 13.4. The van der Waals surface area contributed by atoms with E-state index in [1.54, 1.807) is 0 Å². The van der Waals surface area contributed by atoms with Crippen molar-refractivity contribution in [2.45, 2.75) is 32.7 Å². The fourth-order valence-corrected chi connectivity index (χ4v) is 4.94. The molecule has 2 atom stereocenters. The molecule has 1 aliphatic carbocycles. The van der Waals surface area contributed by atoms with Crippen LogP contribution in [0, 0.1) is 5.41 Å². The molecular weight excluding hydrogens is 364 g/mol. The zero-order valence-electron chi connectivity index (χ0n) is 16.7. The Labute approximate surface area is 169 Å². The molecular formula is C24H24N2O3. The molecule has 3 aromatic rings. The Balaban J connectivity index is 1.48. The number of aromatic amines is 1. The molecule has 148 valence electrons. The lowest BCUT2D eigenvalue weighted by Crippen LogP contribution is -2.49. The van der Waals surface area contributed by atoms with Crippen LogP contribution in [0.1, 0.15) is 46.7 Å². The van der Waals surface area contributed by atoms with E-state index in [4.69, 9.17) is 4.74 Å². The molecule has 1 N–H and O–H groups in total. The Bertz CT molecular complexity index is 1130. The van der Waals surface area contributed by atoms with Crippen LogP contribution in [0.2, 0.25) is 0 Å². The van der Waals surface area contributed by atoms with E-state index < -0.39 is 5.41 Å². The second-order valence-electron chi connectivity index (χ2n) is 8.24. The molecule has 2 aromatic carbocycles. The van der Waals surface area contributed by atoms with Crippen LogP contribution in [-0.4, -0.2) is 40.8 Å². The van der Waals surface area contributed by atoms with E-state index in [1.807, 2.05) is 67.3 Å². The number of nitrogens with zero attached hydrogens (tertiary/aromatic N) is 1. The number of H-pyrrole nitrogens is 1. The van der Waals surface area contributed by atoms with Crippen LogP contribution in [-0.2, 0) is 6.42 Å². The van der Waals surface area contributed by atoms with E-state index in [0.29, 0.717) is 25.3 Å². The Morgan fingerprint density at radius 3 is 2.90 bits per heavy atom. The van der Waals surface area contributed by atoms with Crippen LogP contribution in [0.3, 0.4) is 0 Å². The number of amides is 1. The normalized spacial score (nSPS) is 23.2. The van der Waals surface area contributed by atoms with Gasteiger partial charge in [0.25, 0.3) is 5.91 Å². The smallest absolute Gasteiger partial charge is 0.270 e. The molecule has 5 heteroatoms. The molecule has 0 radical (unpaired) electrons. The summed E-state index contributed by atoms with van der Waals surface area (Å²) in [6, 6.07) is 15.4. The highest BCUT2D eigenvalue weighted by Crippen LogP contribution is 2.45. The minimum absolute atomic E-state index is 0.0416. The number of ketones is 1. The van der Waals surface area contributed by atoms with Gasteiger partial charge in [0.1, 0.15) is 11.4 Å². The predicted octanol–water partition coefficient (Wildman–Crippen LogP) is 4.23. The maximum Gasteiger partial charge on any atom is 0.270 e. The van der Waals surface area contributed by atoms with E-state index in [9.17, 15) is 9.59 Å². The first-order valence-electron chi connectivity index (χ1n) is 10.2. The van der Waals surface area contributed by atoms with E-state index in [-0.39, 0.29) is 17.7 Å². The van der Waals surface area contributed by atoms with Crippen molar-refractivity contribution in [2.75, 3.05) is 13.2 Å². The van der Waals surface area contributed by atoms with Crippen LogP contribution in [0.5, 0.6) is 5.75 Å². The third kappa shape index (κ3) is 2.68. The van der Waals surface area contributed by atoms with E-state index in [0.717, 1.165) is 34.2 Å². The van der Waals surface area contributed by atoms with Gasteiger partial charge in [-0.2, -0.15) is 0 Å². The second-order valence-corrected chi connectivity index (χ2v) is 8.24. The molecule has 2 unspecified atom stereocenters. The highest BCUT2D eigenvalue weighted by Gasteiger charge is 2.53. The summed E-state index contributed by atoms with van der Waals surface area (Å²) in [7, 11) is 0. The summed E-state index contributed by atoms with van der Waals surface area (Å²) in [6.07, 6.45) is 1.42. The summed E-state index contributed by atoms with van der Waals surface area (Å²) in [5.41, 5.74) is 2.80. The minimum atomic E-state index is -0.516. The molecule has 1 aromatic heterocycles. The summed E-state index contributed by atoms with van der Waals surface area (Å²) in [5, 5.41) is 0.950. The van der Waals surface area contributed by atoms with Crippen LogP contribution >= 0.6 is 0 Å². The fourth-order valence-electron chi connectivity index (χ4n) is 4.94. The Hall–Kier alpha value is -3.08. The average molecular weight is 388 g/mol. The number of ether oxygens (including phenoxy) is 1. The molecule has 1 amide bonds. The van der Waals surface area contributed by atoms with Gasteiger partial charge in [0.15, 0.2) is 5.78 Å². The molecule has 0 spiro atoms. The summed E-state index contributed by atoms with van der Waals surface area (Å²) in [6.45, 7) is 5.16. The van der Waals surface area contributed by atoms with Crippen molar-refractivity contribution in [2.24, 2.45) is 5.41 Å². The van der Waals surface area contributed by atoms with Crippen molar-refractivity contribution in [3.8, 4) is 5.75 Å². The Morgan fingerprint density at radius 2 is 2.07 bits per heavy atom. The van der Waals surface area contributed by atoms with E-state index >= 15 is 0 Å². The van der Waals surface area contributed by atoms with Crippen molar-refractivity contribution >= 4 is 22.6 Å². The van der Waals surface area contributed by atoms with Crippen molar-refractivity contribution in [3.05, 3.63) is 65.4 Å². The number of carbonyl (C=O) groups excluding carboxylic acids is 2. The quantitative estimate of drug-likeness (QED) is 0.730. The number of aromatic nitrogens is 1. The van der Waals surface area contributed by atoms with Crippen LogP contribution in [0.4, 0.5) is 0 Å². The van der Waals surface area contributed by atoms with Gasteiger partial charge in [-0.3, -0.25) is 9.59 Å².